The van der Waals surface area contributed by atoms with Gasteiger partial charge in [0.15, 0.2) is 6.30 Å². The summed E-state index contributed by atoms with van der Waals surface area (Å²) in [4.78, 5) is 10.9. The standard InChI is InChI=1S/C29H27FN2O3/c1-17-15-22(35-2)11-12-23(17)28(20-8-9-20)27(19-6-3-18(4-7-19)5-14-26(33)34)21-10-13-25-24(16-21)29(30)32-31-25/h3-7,10-16,20,29,31-32H,8-9H2,1-2H3,(H,33,34)/b14-5+,28-27+. The summed E-state index contributed by atoms with van der Waals surface area (Å²) >= 11 is 0. The molecule has 178 valence electrons. The Labute approximate surface area is 203 Å². The van der Waals surface area contributed by atoms with Gasteiger partial charge in [-0.25, -0.2) is 14.6 Å². The molecule has 35 heavy (non-hydrogen) atoms. The predicted octanol–water partition coefficient (Wildman–Crippen LogP) is 6.37. The van der Waals surface area contributed by atoms with Crippen molar-refractivity contribution in [2.24, 2.45) is 5.92 Å². The van der Waals surface area contributed by atoms with Crippen molar-refractivity contribution in [3.8, 4) is 5.75 Å². The molecule has 1 saturated carbocycles. The molecule has 0 saturated heterocycles. The molecule has 1 aliphatic carbocycles. The Morgan fingerprint density at radius 2 is 1.80 bits per heavy atom. The van der Waals surface area contributed by atoms with Gasteiger partial charge in [-0.3, -0.25) is 0 Å². The van der Waals surface area contributed by atoms with Crippen LogP contribution in [-0.2, 0) is 4.79 Å². The van der Waals surface area contributed by atoms with E-state index in [0.29, 0.717) is 11.5 Å². The maximum Gasteiger partial charge on any atom is 0.328 e. The van der Waals surface area contributed by atoms with Crippen LogP contribution in [0.15, 0.2) is 66.7 Å². The van der Waals surface area contributed by atoms with Crippen molar-refractivity contribution in [3.63, 3.8) is 0 Å². The van der Waals surface area contributed by atoms with E-state index in [1.807, 2.05) is 54.6 Å². The first-order valence-electron chi connectivity index (χ1n) is 11.6. The van der Waals surface area contributed by atoms with E-state index >= 15 is 0 Å². The topological polar surface area (TPSA) is 70.6 Å². The molecular formula is C29H27FN2O3. The quantitative estimate of drug-likeness (QED) is 0.213. The molecule has 0 bridgehead atoms. The van der Waals surface area contributed by atoms with Crippen LogP contribution >= 0.6 is 0 Å². The Kier molecular flexibility index (Phi) is 6.14. The minimum Gasteiger partial charge on any atom is -0.497 e. The van der Waals surface area contributed by atoms with E-state index in [1.165, 1.54) is 5.57 Å². The smallest absolute Gasteiger partial charge is 0.328 e. The van der Waals surface area contributed by atoms with Gasteiger partial charge >= 0.3 is 5.97 Å². The molecule has 2 aliphatic rings. The van der Waals surface area contributed by atoms with Crippen LogP contribution in [0.4, 0.5) is 10.1 Å². The van der Waals surface area contributed by atoms with Crippen molar-refractivity contribution in [2.45, 2.75) is 26.1 Å². The third-order valence-electron chi connectivity index (χ3n) is 6.54. The lowest BCUT2D eigenvalue weighted by Gasteiger charge is -2.20. The van der Waals surface area contributed by atoms with Crippen LogP contribution < -0.4 is 15.6 Å². The molecule has 1 fully saturated rings. The molecular weight excluding hydrogens is 443 g/mol. The summed E-state index contributed by atoms with van der Waals surface area (Å²) in [5, 5.41) is 8.95. The highest BCUT2D eigenvalue weighted by Crippen LogP contribution is 2.49. The number of hydrogen-bond donors (Lipinski definition) is 3. The minimum absolute atomic E-state index is 0.411. The average molecular weight is 471 g/mol. The van der Waals surface area contributed by atoms with Crippen LogP contribution in [0.3, 0.4) is 0 Å². The van der Waals surface area contributed by atoms with E-state index in [1.54, 1.807) is 13.2 Å². The molecule has 0 amide bonds. The molecule has 0 aromatic heterocycles. The van der Waals surface area contributed by atoms with Gasteiger partial charge in [0.2, 0.25) is 0 Å². The number of hydrazine groups is 1. The highest BCUT2D eigenvalue weighted by Gasteiger charge is 2.32. The number of methoxy groups -OCH3 is 1. The lowest BCUT2D eigenvalue weighted by Crippen LogP contribution is -2.14. The Hall–Kier alpha value is -3.90. The van der Waals surface area contributed by atoms with Crippen LogP contribution in [0, 0.1) is 12.8 Å². The van der Waals surface area contributed by atoms with Gasteiger partial charge < -0.3 is 15.3 Å². The van der Waals surface area contributed by atoms with Gasteiger partial charge in [0.1, 0.15) is 5.75 Å². The number of carboxylic acid groups (broad SMARTS) is 1. The Morgan fingerprint density at radius 1 is 1.06 bits per heavy atom. The van der Waals surface area contributed by atoms with Crippen LogP contribution in [0.1, 0.15) is 52.5 Å². The molecule has 5 nitrogen and oxygen atoms in total. The second kappa shape index (κ2) is 9.39. The molecule has 0 spiro atoms. The zero-order valence-electron chi connectivity index (χ0n) is 19.6. The Bertz CT molecular complexity index is 1340. The summed E-state index contributed by atoms with van der Waals surface area (Å²) in [5.74, 6) is 0.239. The van der Waals surface area contributed by atoms with Crippen LogP contribution in [0.25, 0.3) is 17.2 Å². The first-order chi connectivity index (χ1) is 16.9. The number of ether oxygens (including phenoxy) is 1. The summed E-state index contributed by atoms with van der Waals surface area (Å²) in [5.41, 5.74) is 14.2. The fourth-order valence-corrected chi connectivity index (χ4v) is 4.66. The number of halogens is 1. The number of allylic oxidation sites excluding steroid dienone is 1. The second-order valence-electron chi connectivity index (χ2n) is 8.97. The van der Waals surface area contributed by atoms with Gasteiger partial charge in [0.05, 0.1) is 12.8 Å². The van der Waals surface area contributed by atoms with Gasteiger partial charge in [-0.1, -0.05) is 36.4 Å². The number of carbonyl (C=O) groups is 1. The highest BCUT2D eigenvalue weighted by molar-refractivity contribution is 6.01. The van der Waals surface area contributed by atoms with Gasteiger partial charge in [-0.2, -0.15) is 0 Å². The molecule has 3 aromatic rings. The van der Waals surface area contributed by atoms with Crippen molar-refractivity contribution in [3.05, 3.63) is 100 Å². The van der Waals surface area contributed by atoms with E-state index < -0.39 is 12.3 Å². The van der Waals surface area contributed by atoms with Gasteiger partial charge in [-0.05, 0) is 95.0 Å². The molecule has 3 aromatic carbocycles. The lowest BCUT2D eigenvalue weighted by atomic mass is 9.84. The van der Waals surface area contributed by atoms with Crippen LogP contribution in [0.2, 0.25) is 0 Å². The summed E-state index contributed by atoms with van der Waals surface area (Å²) in [6, 6.07) is 19.8. The largest absolute Gasteiger partial charge is 0.497 e. The number of hydrogen-bond acceptors (Lipinski definition) is 4. The van der Waals surface area contributed by atoms with Gasteiger partial charge in [0, 0.05) is 11.6 Å². The Morgan fingerprint density at radius 3 is 2.46 bits per heavy atom. The van der Waals surface area contributed by atoms with E-state index in [-0.39, 0.29) is 0 Å². The van der Waals surface area contributed by atoms with E-state index in [2.05, 4.69) is 23.8 Å². The maximum absolute atomic E-state index is 14.5. The Balaban J connectivity index is 1.71. The number of rotatable bonds is 7. The SMILES string of the molecule is COc1ccc(/C(=C(\c2ccc(/C=C/C(=O)O)cc2)c2ccc3c(c2)C(F)NN3)C2CC2)c(C)c1. The molecule has 1 atom stereocenters. The number of fused-ring (bicyclic) bond motifs is 1. The van der Waals surface area contributed by atoms with Crippen molar-refractivity contribution in [1.29, 1.82) is 0 Å². The predicted molar refractivity (Wildman–Crippen MR) is 137 cm³/mol. The average Bonchev–Trinajstić information content (AvgIpc) is 3.64. The number of alkyl halides is 1. The first kappa shape index (κ1) is 22.9. The molecule has 5 rings (SSSR count). The number of nitrogens with one attached hydrogen (secondary N) is 2. The maximum atomic E-state index is 14.5. The summed E-state index contributed by atoms with van der Waals surface area (Å²) < 4.78 is 20.0. The van der Waals surface area contributed by atoms with Crippen molar-refractivity contribution in [1.82, 2.24) is 5.43 Å². The van der Waals surface area contributed by atoms with Gasteiger partial charge in [-0.15, -0.1) is 0 Å². The van der Waals surface area contributed by atoms with Gasteiger partial charge in [0.25, 0.3) is 0 Å². The van der Waals surface area contributed by atoms with Crippen molar-refractivity contribution >= 4 is 28.9 Å². The zero-order valence-corrected chi connectivity index (χ0v) is 19.6. The summed E-state index contributed by atoms with van der Waals surface area (Å²) in [7, 11) is 1.66. The first-order valence-corrected chi connectivity index (χ1v) is 11.6. The lowest BCUT2D eigenvalue weighted by molar-refractivity contribution is -0.131. The van der Waals surface area contributed by atoms with E-state index in [4.69, 9.17) is 9.84 Å². The fourth-order valence-electron chi connectivity index (χ4n) is 4.66. The molecule has 6 heteroatoms. The number of anilines is 1. The molecule has 1 unspecified atom stereocenters. The number of aryl methyl sites for hydroxylation is 1. The van der Waals surface area contributed by atoms with E-state index in [9.17, 15) is 9.18 Å². The van der Waals surface area contributed by atoms with Crippen LogP contribution in [0.5, 0.6) is 5.75 Å². The fraction of sp³-hybridized carbons (Fsp3) is 0.207. The number of carboxylic acids is 1. The normalized spacial score (nSPS) is 17.6. The minimum atomic E-state index is -1.28. The highest BCUT2D eigenvalue weighted by atomic mass is 19.1. The number of aliphatic carboxylic acids is 1. The van der Waals surface area contributed by atoms with Crippen LogP contribution in [-0.4, -0.2) is 18.2 Å². The second-order valence-corrected chi connectivity index (χ2v) is 8.97. The third-order valence-corrected chi connectivity index (χ3v) is 6.54. The van der Waals surface area contributed by atoms with Crippen molar-refractivity contribution < 1.29 is 19.0 Å². The number of benzene rings is 3. The molecule has 3 N–H and O–H groups in total. The third kappa shape index (κ3) is 4.70. The van der Waals surface area contributed by atoms with Crippen molar-refractivity contribution in [2.75, 3.05) is 12.5 Å². The zero-order chi connectivity index (χ0) is 24.5. The molecule has 1 aliphatic heterocycles. The molecule has 0 radical (unpaired) electrons. The molecule has 1 heterocycles. The summed E-state index contributed by atoms with van der Waals surface area (Å²) in [6.45, 7) is 2.09. The summed E-state index contributed by atoms with van der Waals surface area (Å²) in [6.07, 6.45) is 3.63. The monoisotopic (exact) mass is 470 g/mol. The van der Waals surface area contributed by atoms with E-state index in [0.717, 1.165) is 63.7 Å².